The van der Waals surface area contributed by atoms with Gasteiger partial charge in [-0.05, 0) is 57.9 Å². The number of rotatable bonds is 3. The van der Waals surface area contributed by atoms with Gasteiger partial charge in [-0.25, -0.2) is 0 Å². The first-order chi connectivity index (χ1) is 9.27. The van der Waals surface area contributed by atoms with Crippen LogP contribution in [0, 0.1) is 13.8 Å². The summed E-state index contributed by atoms with van der Waals surface area (Å²) in [5, 5.41) is 17.4. The average Bonchev–Trinajstić information content (AvgIpc) is 2.80. The van der Waals surface area contributed by atoms with Crippen LogP contribution in [-0.2, 0) is 12.1 Å². The molecule has 2 N–H and O–H groups in total. The highest BCUT2D eigenvalue weighted by Gasteiger charge is 2.13. The van der Waals surface area contributed by atoms with Crippen LogP contribution in [0.5, 0.6) is 5.75 Å². The molecule has 4 heteroatoms. The van der Waals surface area contributed by atoms with Crippen molar-refractivity contribution in [2.45, 2.75) is 46.7 Å². The third kappa shape index (κ3) is 3.13. The fourth-order valence-corrected chi connectivity index (χ4v) is 2.01. The van der Waals surface area contributed by atoms with E-state index in [4.69, 9.17) is 0 Å². The highest BCUT2D eigenvalue weighted by Crippen LogP contribution is 2.25. The van der Waals surface area contributed by atoms with Crippen molar-refractivity contribution >= 4 is 5.69 Å². The molecule has 0 saturated carbocycles. The number of nitrogens with zero attached hydrogens (tertiary/aromatic N) is 2. The van der Waals surface area contributed by atoms with Gasteiger partial charge in [-0.15, -0.1) is 0 Å². The molecule has 0 radical (unpaired) electrons. The van der Waals surface area contributed by atoms with Crippen molar-refractivity contribution in [2.24, 2.45) is 0 Å². The second kappa shape index (κ2) is 5.19. The summed E-state index contributed by atoms with van der Waals surface area (Å²) in [6.45, 7) is 11.0. The minimum atomic E-state index is 0.00327. The summed E-state index contributed by atoms with van der Waals surface area (Å²) in [7, 11) is 0. The molecule has 1 aromatic carbocycles. The molecule has 1 aromatic heterocycles. The van der Waals surface area contributed by atoms with E-state index in [1.165, 1.54) is 0 Å². The maximum absolute atomic E-state index is 9.66. The van der Waals surface area contributed by atoms with Gasteiger partial charge in [0.1, 0.15) is 5.75 Å². The van der Waals surface area contributed by atoms with Crippen LogP contribution in [-0.4, -0.2) is 14.9 Å². The van der Waals surface area contributed by atoms with Gasteiger partial charge in [0.2, 0.25) is 0 Å². The number of aromatic hydroxyl groups is 1. The van der Waals surface area contributed by atoms with Gasteiger partial charge in [0.25, 0.3) is 0 Å². The van der Waals surface area contributed by atoms with Gasteiger partial charge < -0.3 is 10.4 Å². The van der Waals surface area contributed by atoms with Crippen molar-refractivity contribution < 1.29 is 5.11 Å². The Morgan fingerprint density at radius 2 is 1.90 bits per heavy atom. The van der Waals surface area contributed by atoms with Gasteiger partial charge in [-0.2, -0.15) is 5.10 Å². The number of aryl methyl sites for hydroxylation is 2. The predicted octanol–water partition coefficient (Wildman–Crippen LogP) is 3.57. The monoisotopic (exact) mass is 273 g/mol. The molecule has 108 valence electrons. The lowest BCUT2D eigenvalue weighted by molar-refractivity contribution is 0.355. The molecule has 0 amide bonds. The first kappa shape index (κ1) is 14.4. The van der Waals surface area contributed by atoms with Crippen molar-refractivity contribution in [3.8, 4) is 5.75 Å². The SMILES string of the molecule is Cc1cc(NCc2cnn(C(C)(C)C)c2)c(C)cc1O. The van der Waals surface area contributed by atoms with Gasteiger partial charge in [0.15, 0.2) is 0 Å². The van der Waals surface area contributed by atoms with Crippen LogP contribution in [0.3, 0.4) is 0 Å². The highest BCUT2D eigenvalue weighted by atomic mass is 16.3. The van der Waals surface area contributed by atoms with E-state index in [0.29, 0.717) is 5.75 Å². The van der Waals surface area contributed by atoms with Crippen LogP contribution < -0.4 is 5.32 Å². The van der Waals surface area contributed by atoms with Gasteiger partial charge in [0, 0.05) is 24.0 Å². The molecular weight excluding hydrogens is 250 g/mol. The number of phenolic OH excluding ortho intramolecular Hbond substituents is 1. The molecular formula is C16H23N3O. The van der Waals surface area contributed by atoms with Crippen LogP contribution in [0.15, 0.2) is 24.5 Å². The summed E-state index contributed by atoms with van der Waals surface area (Å²) in [4.78, 5) is 0. The number of nitrogens with one attached hydrogen (secondary N) is 1. The predicted molar refractivity (Wildman–Crippen MR) is 82.1 cm³/mol. The number of anilines is 1. The van der Waals surface area contributed by atoms with Crippen molar-refractivity contribution in [1.29, 1.82) is 0 Å². The molecule has 0 atom stereocenters. The number of hydrogen-bond acceptors (Lipinski definition) is 3. The third-order valence-corrected chi connectivity index (χ3v) is 3.35. The van der Waals surface area contributed by atoms with E-state index >= 15 is 0 Å². The summed E-state index contributed by atoms with van der Waals surface area (Å²) in [5.74, 6) is 0.341. The Hall–Kier alpha value is -1.97. The van der Waals surface area contributed by atoms with Gasteiger partial charge in [-0.1, -0.05) is 0 Å². The minimum Gasteiger partial charge on any atom is -0.508 e. The summed E-state index contributed by atoms with van der Waals surface area (Å²) in [5.41, 5.74) is 4.11. The second-order valence-corrected chi connectivity index (χ2v) is 6.27. The lowest BCUT2D eigenvalue weighted by atomic mass is 10.1. The second-order valence-electron chi connectivity index (χ2n) is 6.27. The van der Waals surface area contributed by atoms with E-state index in [1.54, 1.807) is 6.07 Å². The van der Waals surface area contributed by atoms with E-state index in [9.17, 15) is 5.11 Å². The molecule has 0 aliphatic rings. The Bertz CT molecular complexity index is 609. The van der Waals surface area contributed by atoms with Crippen molar-refractivity contribution in [1.82, 2.24) is 9.78 Å². The van der Waals surface area contributed by atoms with Crippen molar-refractivity contribution in [3.05, 3.63) is 41.2 Å². The third-order valence-electron chi connectivity index (χ3n) is 3.35. The molecule has 1 heterocycles. The zero-order valence-electron chi connectivity index (χ0n) is 12.9. The van der Waals surface area contributed by atoms with E-state index in [-0.39, 0.29) is 5.54 Å². The van der Waals surface area contributed by atoms with E-state index in [0.717, 1.165) is 28.9 Å². The number of hydrogen-bond donors (Lipinski definition) is 2. The first-order valence-electron chi connectivity index (χ1n) is 6.85. The molecule has 0 saturated heterocycles. The van der Waals surface area contributed by atoms with Crippen LogP contribution in [0.4, 0.5) is 5.69 Å². The highest BCUT2D eigenvalue weighted by molar-refractivity contribution is 5.56. The lowest BCUT2D eigenvalue weighted by Crippen LogP contribution is -2.21. The van der Waals surface area contributed by atoms with Crippen molar-refractivity contribution in [2.75, 3.05) is 5.32 Å². The Balaban J connectivity index is 2.09. The van der Waals surface area contributed by atoms with Crippen LogP contribution in [0.2, 0.25) is 0 Å². The zero-order valence-corrected chi connectivity index (χ0v) is 12.9. The minimum absolute atomic E-state index is 0.00327. The van der Waals surface area contributed by atoms with Crippen LogP contribution in [0.1, 0.15) is 37.5 Å². The maximum atomic E-state index is 9.66. The van der Waals surface area contributed by atoms with Crippen LogP contribution in [0.25, 0.3) is 0 Å². The molecule has 2 aromatic rings. The summed E-state index contributed by atoms with van der Waals surface area (Å²) >= 11 is 0. The van der Waals surface area contributed by atoms with Gasteiger partial charge in [-0.3, -0.25) is 4.68 Å². The van der Waals surface area contributed by atoms with E-state index < -0.39 is 0 Å². The average molecular weight is 273 g/mol. The van der Waals surface area contributed by atoms with Gasteiger partial charge >= 0.3 is 0 Å². The molecule has 0 unspecified atom stereocenters. The maximum Gasteiger partial charge on any atom is 0.118 e. The topological polar surface area (TPSA) is 50.1 Å². The molecule has 0 aliphatic carbocycles. The smallest absolute Gasteiger partial charge is 0.118 e. The normalized spacial score (nSPS) is 11.7. The van der Waals surface area contributed by atoms with Crippen LogP contribution >= 0.6 is 0 Å². The summed E-state index contributed by atoms with van der Waals surface area (Å²) in [6.07, 6.45) is 3.95. The van der Waals surface area contributed by atoms with E-state index in [1.807, 2.05) is 30.8 Å². The molecule has 2 rings (SSSR count). The fraction of sp³-hybridized carbons (Fsp3) is 0.438. The molecule has 0 spiro atoms. The molecule has 0 bridgehead atoms. The first-order valence-corrected chi connectivity index (χ1v) is 6.85. The quantitative estimate of drug-likeness (QED) is 0.840. The largest absolute Gasteiger partial charge is 0.508 e. The number of benzene rings is 1. The Morgan fingerprint density at radius 3 is 2.50 bits per heavy atom. The Labute approximate surface area is 120 Å². The lowest BCUT2D eigenvalue weighted by Gasteiger charge is -2.18. The Morgan fingerprint density at radius 1 is 1.20 bits per heavy atom. The molecule has 4 nitrogen and oxygen atoms in total. The zero-order chi connectivity index (χ0) is 14.9. The summed E-state index contributed by atoms with van der Waals surface area (Å²) < 4.78 is 1.97. The molecule has 0 fully saturated rings. The Kier molecular flexibility index (Phi) is 3.75. The molecule has 0 aliphatic heterocycles. The summed E-state index contributed by atoms with van der Waals surface area (Å²) in [6, 6.07) is 3.76. The number of aromatic nitrogens is 2. The van der Waals surface area contributed by atoms with E-state index in [2.05, 4.69) is 37.4 Å². The van der Waals surface area contributed by atoms with Gasteiger partial charge in [0.05, 0.1) is 11.7 Å². The van der Waals surface area contributed by atoms with Crippen molar-refractivity contribution in [3.63, 3.8) is 0 Å². The fourth-order valence-electron chi connectivity index (χ4n) is 2.01. The number of phenols is 1. The molecule has 20 heavy (non-hydrogen) atoms. The standard InChI is InChI=1S/C16H23N3O/c1-11-7-15(20)12(2)6-14(11)17-8-13-9-18-19(10-13)16(3,4)5/h6-7,9-10,17,20H,8H2,1-5H3.